The largest absolute Gasteiger partial charge is 0.394 e. The van der Waals surface area contributed by atoms with E-state index in [1.165, 1.54) is 21.9 Å². The van der Waals surface area contributed by atoms with Gasteiger partial charge >= 0.3 is 0 Å². The number of nitrogens with one attached hydrogen (secondary N) is 3. The molecule has 4 N–H and O–H groups in total. The molecule has 69 heavy (non-hydrogen) atoms. The van der Waals surface area contributed by atoms with E-state index in [2.05, 4.69) is 93.8 Å². The van der Waals surface area contributed by atoms with E-state index in [1.54, 1.807) is 13.2 Å². The van der Waals surface area contributed by atoms with Crippen LogP contribution in [-0.2, 0) is 41.4 Å². The number of fused-ring (bicyclic) bond motifs is 4. The Hall–Kier alpha value is -6.13. The number of aliphatic hydroxyl groups is 1. The number of anilines is 7. The zero-order chi connectivity index (χ0) is 48.7. The van der Waals surface area contributed by atoms with Crippen LogP contribution >= 0.6 is 0 Å². The lowest BCUT2D eigenvalue weighted by atomic mass is 9.86. The summed E-state index contributed by atoms with van der Waals surface area (Å²) in [4.78, 5) is 69.8. The standard InChI is InChI=1S/C53H69N11O5/c1-9-47(66)55-40-25-35(12-15-41(40)61-20-19-59(29-33(61)3)36-16-18-60(32(2)23-36)37-13-14-38-39(26-37)56-51(69)53(38,6)7)54-48-50(68)58(8)30-46(57-48)63-17-10-11-42(45(63)31-65)64-22-21-62-43(49(64)67)24-34-27-52(4,5)28-44(34)62/h9,12-15,24-26,30,32-33,36,42,45,65H,1,10-11,16-23,27-29,31H2,2-8H3,(H,54,57)(H,55,66)(H,56,69)/t32-,33-,36?,42?,45?/m0/s1. The number of hydrogen-bond donors (Lipinski definition) is 4. The molecule has 16 heteroatoms. The third-order valence-electron chi connectivity index (χ3n) is 16.2. The summed E-state index contributed by atoms with van der Waals surface area (Å²) in [6.07, 6.45) is 8.51. The van der Waals surface area contributed by atoms with Crippen molar-refractivity contribution in [3.05, 3.63) is 94.2 Å². The molecule has 5 aliphatic heterocycles. The molecule has 0 spiro atoms. The number of aromatic nitrogens is 3. The summed E-state index contributed by atoms with van der Waals surface area (Å²) < 4.78 is 3.72. The second kappa shape index (κ2) is 17.7. The van der Waals surface area contributed by atoms with Gasteiger partial charge in [0.1, 0.15) is 11.5 Å². The normalized spacial score (nSPS) is 25.2. The van der Waals surface area contributed by atoms with Gasteiger partial charge in [-0.3, -0.25) is 24.1 Å². The molecule has 3 unspecified atom stereocenters. The summed E-state index contributed by atoms with van der Waals surface area (Å²) in [6.45, 7) is 21.9. The molecule has 16 nitrogen and oxygen atoms in total. The van der Waals surface area contributed by atoms with Gasteiger partial charge in [0, 0.05) is 99.9 Å². The van der Waals surface area contributed by atoms with Gasteiger partial charge in [0.2, 0.25) is 11.8 Å². The maximum absolute atomic E-state index is 14.2. The highest BCUT2D eigenvalue weighted by molar-refractivity contribution is 6.06. The van der Waals surface area contributed by atoms with Gasteiger partial charge in [-0.1, -0.05) is 26.5 Å². The number of aryl methyl sites for hydroxylation is 1. The zero-order valence-electron chi connectivity index (χ0n) is 41.3. The smallest absolute Gasteiger partial charge is 0.293 e. The molecule has 2 aromatic heterocycles. The second-order valence-electron chi connectivity index (χ2n) is 21.8. The molecule has 10 rings (SSSR count). The summed E-state index contributed by atoms with van der Waals surface area (Å²) in [5, 5.41) is 20.4. The van der Waals surface area contributed by atoms with Gasteiger partial charge in [0.25, 0.3) is 11.5 Å². The van der Waals surface area contributed by atoms with E-state index >= 15 is 0 Å². The van der Waals surface area contributed by atoms with Crippen LogP contribution in [-0.4, -0.2) is 123 Å². The van der Waals surface area contributed by atoms with Crippen molar-refractivity contribution in [2.24, 2.45) is 12.5 Å². The number of benzene rings is 2. The maximum atomic E-state index is 14.2. The summed E-state index contributed by atoms with van der Waals surface area (Å²) in [5.41, 5.74) is 7.81. The molecule has 3 amide bonds. The molecular formula is C53H69N11O5. The highest BCUT2D eigenvalue weighted by Gasteiger charge is 2.43. The number of carbonyl (C=O) groups is 3. The van der Waals surface area contributed by atoms with Crippen LogP contribution in [0.15, 0.2) is 66.1 Å². The van der Waals surface area contributed by atoms with Crippen molar-refractivity contribution in [3.63, 3.8) is 0 Å². The van der Waals surface area contributed by atoms with Crippen LogP contribution in [0, 0.1) is 5.41 Å². The van der Waals surface area contributed by atoms with E-state index < -0.39 is 11.5 Å². The molecule has 0 bridgehead atoms. The number of aliphatic hydroxyl groups excluding tert-OH is 1. The number of amides is 3. The Kier molecular flexibility index (Phi) is 11.9. The van der Waals surface area contributed by atoms with E-state index in [4.69, 9.17) is 4.98 Å². The van der Waals surface area contributed by atoms with E-state index in [0.717, 1.165) is 99.6 Å². The predicted octanol–water partition coefficient (Wildman–Crippen LogP) is 5.86. The molecule has 3 fully saturated rings. The Bertz CT molecular complexity index is 2780. The van der Waals surface area contributed by atoms with Crippen LogP contribution in [0.2, 0.25) is 0 Å². The Morgan fingerprint density at radius 3 is 2.46 bits per heavy atom. The number of piperazine rings is 1. The Balaban J connectivity index is 0.826. The van der Waals surface area contributed by atoms with Crippen LogP contribution in [0.5, 0.6) is 0 Å². The third kappa shape index (κ3) is 8.36. The topological polar surface area (TPSA) is 164 Å². The van der Waals surface area contributed by atoms with Crippen molar-refractivity contribution in [1.82, 2.24) is 23.9 Å². The highest BCUT2D eigenvalue weighted by Crippen LogP contribution is 2.42. The molecule has 1 aliphatic carbocycles. The number of rotatable bonds is 10. The van der Waals surface area contributed by atoms with Gasteiger partial charge in [-0.25, -0.2) is 4.98 Å². The molecule has 366 valence electrons. The lowest BCUT2D eigenvalue weighted by Gasteiger charge is -2.48. The molecule has 5 atom stereocenters. The van der Waals surface area contributed by atoms with E-state index in [-0.39, 0.29) is 53.2 Å². The van der Waals surface area contributed by atoms with Gasteiger partial charge in [-0.15, -0.1) is 0 Å². The van der Waals surface area contributed by atoms with Crippen molar-refractivity contribution in [2.45, 2.75) is 122 Å². The van der Waals surface area contributed by atoms with Crippen LogP contribution in [0.1, 0.15) is 94.5 Å². The number of nitrogens with zero attached hydrogens (tertiary/aromatic N) is 8. The molecule has 6 aliphatic rings. The van der Waals surface area contributed by atoms with Crippen molar-refractivity contribution in [2.75, 3.05) is 76.5 Å². The average Bonchev–Trinajstić information content (AvgIpc) is 3.90. The molecule has 0 saturated carbocycles. The van der Waals surface area contributed by atoms with Crippen LogP contribution in [0.3, 0.4) is 0 Å². The van der Waals surface area contributed by atoms with Gasteiger partial charge in [0.05, 0.1) is 35.5 Å². The summed E-state index contributed by atoms with van der Waals surface area (Å²) in [7, 11) is 1.69. The van der Waals surface area contributed by atoms with Crippen molar-refractivity contribution >= 4 is 57.8 Å². The first-order valence-electron chi connectivity index (χ1n) is 25.0. The Morgan fingerprint density at radius 2 is 1.71 bits per heavy atom. The molecule has 3 saturated heterocycles. The maximum Gasteiger partial charge on any atom is 0.293 e. The van der Waals surface area contributed by atoms with Crippen LogP contribution in [0.4, 0.5) is 40.1 Å². The van der Waals surface area contributed by atoms with E-state index in [9.17, 15) is 24.3 Å². The third-order valence-corrected chi connectivity index (χ3v) is 16.2. The summed E-state index contributed by atoms with van der Waals surface area (Å²) in [6, 6.07) is 14.5. The number of hydrogen-bond acceptors (Lipinski definition) is 11. The monoisotopic (exact) mass is 940 g/mol. The van der Waals surface area contributed by atoms with Crippen molar-refractivity contribution in [3.8, 4) is 0 Å². The van der Waals surface area contributed by atoms with Gasteiger partial charge in [-0.05, 0) is 125 Å². The summed E-state index contributed by atoms with van der Waals surface area (Å²) in [5.74, 6) is 0.355. The molecular weight excluding hydrogens is 871 g/mol. The van der Waals surface area contributed by atoms with Crippen LogP contribution < -0.4 is 36.2 Å². The SMILES string of the molecule is C=CC(=O)Nc1cc(Nc2nc(N3CCCC(N4CCn5c(cc6c5CC(C)(C)C6)C4=O)C3CO)cn(C)c2=O)ccc1N1CCN(C2CCN(c3ccc4c(c3)NC(=O)C4(C)C)[C@@H](C)C2)C[C@@H]1C. The number of piperidine rings is 2. The first kappa shape index (κ1) is 46.6. The minimum Gasteiger partial charge on any atom is -0.394 e. The predicted molar refractivity (Wildman–Crippen MR) is 272 cm³/mol. The van der Waals surface area contributed by atoms with E-state index in [0.29, 0.717) is 42.4 Å². The van der Waals surface area contributed by atoms with Crippen molar-refractivity contribution in [1.29, 1.82) is 0 Å². The lowest BCUT2D eigenvalue weighted by molar-refractivity contribution is -0.119. The summed E-state index contributed by atoms with van der Waals surface area (Å²) >= 11 is 0. The molecule has 7 heterocycles. The zero-order valence-corrected chi connectivity index (χ0v) is 41.3. The second-order valence-corrected chi connectivity index (χ2v) is 21.8. The fourth-order valence-electron chi connectivity index (χ4n) is 12.5. The quantitative estimate of drug-likeness (QED) is 0.141. The minimum atomic E-state index is -0.524. The Morgan fingerprint density at radius 1 is 0.913 bits per heavy atom. The first-order chi connectivity index (χ1) is 32.9. The molecule has 0 radical (unpaired) electrons. The Labute approximate surface area is 405 Å². The lowest BCUT2D eigenvalue weighted by Crippen LogP contribution is -2.60. The highest BCUT2D eigenvalue weighted by atomic mass is 16.3. The van der Waals surface area contributed by atoms with Crippen LogP contribution in [0.25, 0.3) is 0 Å². The molecule has 2 aromatic carbocycles. The van der Waals surface area contributed by atoms with Gasteiger partial charge in [0.15, 0.2) is 5.82 Å². The first-order valence-corrected chi connectivity index (χ1v) is 25.0. The van der Waals surface area contributed by atoms with Gasteiger partial charge < -0.3 is 49.8 Å². The minimum absolute atomic E-state index is 0.00887. The van der Waals surface area contributed by atoms with Crippen molar-refractivity contribution < 1.29 is 19.5 Å². The van der Waals surface area contributed by atoms with Gasteiger partial charge in [-0.2, -0.15) is 0 Å². The fourth-order valence-corrected chi connectivity index (χ4v) is 12.5. The number of carbonyl (C=O) groups excluding carboxylic acids is 3. The van der Waals surface area contributed by atoms with E-state index in [1.807, 2.05) is 41.8 Å². The fraction of sp³-hybridized carbons (Fsp3) is 0.528. The average molecular weight is 940 g/mol. The molecule has 4 aromatic rings.